The van der Waals surface area contributed by atoms with Crippen molar-refractivity contribution in [2.75, 3.05) is 18.5 Å². The van der Waals surface area contributed by atoms with Crippen LogP contribution in [0, 0.1) is 0 Å². The van der Waals surface area contributed by atoms with Crippen LogP contribution < -0.4 is 15.4 Å². The van der Waals surface area contributed by atoms with E-state index < -0.39 is 5.97 Å². The highest BCUT2D eigenvalue weighted by Gasteiger charge is 2.29. The average Bonchev–Trinajstić information content (AvgIpc) is 3.20. The summed E-state index contributed by atoms with van der Waals surface area (Å²) < 4.78 is 8.44. The Morgan fingerprint density at radius 2 is 1.76 bits per heavy atom. The molecule has 1 aliphatic carbocycles. The molecular weight excluding hydrogens is 530 g/mol. The second-order valence-electron chi connectivity index (χ2n) is 10.8. The minimum Gasteiger partial charge on any atom is -0.491 e. The normalized spacial score (nSPS) is 15.0. The monoisotopic (exact) mass is 563 g/mol. The zero-order valence-electron chi connectivity index (χ0n) is 23.3. The van der Waals surface area contributed by atoms with E-state index in [0.717, 1.165) is 35.7 Å². The van der Waals surface area contributed by atoms with Gasteiger partial charge in [-0.1, -0.05) is 49.6 Å². The summed E-state index contributed by atoms with van der Waals surface area (Å²) in [6.45, 7) is 1.05. The molecule has 0 spiro atoms. The quantitative estimate of drug-likeness (QED) is 0.232. The van der Waals surface area contributed by atoms with Gasteiger partial charge in [0.1, 0.15) is 12.4 Å². The van der Waals surface area contributed by atoms with E-state index >= 15 is 0 Å². The SMILES string of the molecule is O=C(O)/C=C/c1ccc(NC(=O)CNC(=O)c2ccc3c(C4CCCCC4)c4n(c3c2)CCOc2ccccc2-4)cc1. The van der Waals surface area contributed by atoms with Crippen LogP contribution in [-0.2, 0) is 16.1 Å². The molecule has 2 aliphatic rings. The highest BCUT2D eigenvalue weighted by Crippen LogP contribution is 2.47. The Kier molecular flexibility index (Phi) is 7.77. The third-order valence-corrected chi connectivity index (χ3v) is 8.12. The first-order chi connectivity index (χ1) is 20.5. The number of amides is 2. The maximum Gasteiger partial charge on any atom is 0.328 e. The van der Waals surface area contributed by atoms with Crippen molar-refractivity contribution in [1.29, 1.82) is 0 Å². The first kappa shape index (κ1) is 27.3. The summed E-state index contributed by atoms with van der Waals surface area (Å²) in [5.41, 5.74) is 6.42. The molecule has 1 aliphatic heterocycles. The second-order valence-corrected chi connectivity index (χ2v) is 10.8. The van der Waals surface area contributed by atoms with Gasteiger partial charge in [-0.3, -0.25) is 9.59 Å². The number of anilines is 1. The predicted octanol–water partition coefficient (Wildman–Crippen LogP) is 6.21. The first-order valence-corrected chi connectivity index (χ1v) is 14.5. The minimum atomic E-state index is -1.03. The summed E-state index contributed by atoms with van der Waals surface area (Å²) in [5.74, 6) is -0.344. The van der Waals surface area contributed by atoms with Crippen LogP contribution in [0.1, 0.15) is 59.5 Å². The molecule has 1 aromatic heterocycles. The molecule has 0 saturated heterocycles. The number of rotatable bonds is 7. The Morgan fingerprint density at radius 1 is 0.976 bits per heavy atom. The number of carboxylic acids is 1. The van der Waals surface area contributed by atoms with Gasteiger partial charge in [-0.2, -0.15) is 0 Å². The van der Waals surface area contributed by atoms with E-state index in [1.165, 1.54) is 42.0 Å². The highest BCUT2D eigenvalue weighted by molar-refractivity contribution is 6.03. The van der Waals surface area contributed by atoms with Crippen LogP contribution in [-0.4, -0.2) is 40.6 Å². The Balaban J connectivity index is 1.23. The average molecular weight is 564 g/mol. The van der Waals surface area contributed by atoms with E-state index in [9.17, 15) is 14.4 Å². The fourth-order valence-electron chi connectivity index (χ4n) is 6.19. The molecule has 42 heavy (non-hydrogen) atoms. The summed E-state index contributed by atoms with van der Waals surface area (Å²) in [4.78, 5) is 36.4. The van der Waals surface area contributed by atoms with E-state index in [4.69, 9.17) is 9.84 Å². The van der Waals surface area contributed by atoms with Crippen molar-refractivity contribution in [3.8, 4) is 17.0 Å². The second kappa shape index (κ2) is 11.9. The van der Waals surface area contributed by atoms with Gasteiger partial charge in [0.05, 0.1) is 18.8 Å². The van der Waals surface area contributed by atoms with Crippen molar-refractivity contribution < 1.29 is 24.2 Å². The molecule has 0 atom stereocenters. The number of hydrogen-bond donors (Lipinski definition) is 3. The van der Waals surface area contributed by atoms with E-state index in [1.807, 2.05) is 24.3 Å². The van der Waals surface area contributed by atoms with Gasteiger partial charge in [-0.25, -0.2) is 4.79 Å². The molecule has 2 amide bonds. The van der Waals surface area contributed by atoms with Crippen molar-refractivity contribution in [3.63, 3.8) is 0 Å². The number of carbonyl (C=O) groups excluding carboxylic acids is 2. The fourth-order valence-corrected chi connectivity index (χ4v) is 6.19. The number of nitrogens with one attached hydrogen (secondary N) is 2. The van der Waals surface area contributed by atoms with Gasteiger partial charge in [0, 0.05) is 33.8 Å². The zero-order valence-corrected chi connectivity index (χ0v) is 23.3. The molecule has 214 valence electrons. The van der Waals surface area contributed by atoms with Gasteiger partial charge in [-0.15, -0.1) is 0 Å². The van der Waals surface area contributed by atoms with Crippen LogP contribution in [0.3, 0.4) is 0 Å². The summed E-state index contributed by atoms with van der Waals surface area (Å²) in [6.07, 6.45) is 8.57. The first-order valence-electron chi connectivity index (χ1n) is 14.5. The maximum atomic E-state index is 13.2. The van der Waals surface area contributed by atoms with Gasteiger partial charge < -0.3 is 25.0 Å². The highest BCUT2D eigenvalue weighted by atomic mass is 16.5. The smallest absolute Gasteiger partial charge is 0.328 e. The lowest BCUT2D eigenvalue weighted by molar-refractivity contribution is -0.131. The summed E-state index contributed by atoms with van der Waals surface area (Å²) in [5, 5.41) is 15.4. The lowest BCUT2D eigenvalue weighted by Gasteiger charge is -2.23. The fraction of sp³-hybridized carbons (Fsp3) is 0.265. The number of carboxylic acid groups (broad SMARTS) is 1. The minimum absolute atomic E-state index is 0.182. The maximum absolute atomic E-state index is 13.2. The van der Waals surface area contributed by atoms with Gasteiger partial charge in [0.2, 0.25) is 5.91 Å². The number of ether oxygens (including phenoxy) is 1. The molecule has 0 unspecified atom stereocenters. The standard InChI is InChI=1S/C34H33N3O5/c38-30(36-25-14-10-22(11-15-25)12-17-31(39)40)21-35-34(41)24-13-16-26-28(20-24)37-18-19-42-29-9-5-4-8-27(29)33(37)32(26)23-6-2-1-3-7-23/h4-5,8-17,20,23H,1-3,6-7,18-19,21H2,(H,35,41)(H,36,38)(H,39,40)/b17-12+. The van der Waals surface area contributed by atoms with Gasteiger partial charge in [0.25, 0.3) is 5.91 Å². The topological polar surface area (TPSA) is 110 Å². The van der Waals surface area contributed by atoms with Crippen LogP contribution in [0.5, 0.6) is 5.75 Å². The molecule has 2 heterocycles. The Morgan fingerprint density at radius 3 is 2.55 bits per heavy atom. The molecular formula is C34H33N3O5. The Labute approximate surface area is 244 Å². The molecule has 8 nitrogen and oxygen atoms in total. The molecule has 6 rings (SSSR count). The van der Waals surface area contributed by atoms with E-state index in [2.05, 4.69) is 33.4 Å². The summed E-state index contributed by atoms with van der Waals surface area (Å²) >= 11 is 0. The number of benzene rings is 3. The van der Waals surface area contributed by atoms with Crippen LogP contribution in [0.4, 0.5) is 5.69 Å². The predicted molar refractivity (Wildman–Crippen MR) is 163 cm³/mol. The molecule has 3 aromatic carbocycles. The van der Waals surface area contributed by atoms with Crippen molar-refractivity contribution in [2.24, 2.45) is 0 Å². The van der Waals surface area contributed by atoms with Gasteiger partial charge in [-0.05, 0) is 72.4 Å². The summed E-state index contributed by atoms with van der Waals surface area (Å²) in [7, 11) is 0. The zero-order chi connectivity index (χ0) is 29.1. The molecule has 1 fully saturated rings. The van der Waals surface area contributed by atoms with Crippen LogP contribution in [0.2, 0.25) is 0 Å². The van der Waals surface area contributed by atoms with Gasteiger partial charge >= 0.3 is 5.97 Å². The summed E-state index contributed by atoms with van der Waals surface area (Å²) in [6, 6.07) is 20.8. The van der Waals surface area contributed by atoms with Crippen molar-refractivity contribution >= 4 is 40.4 Å². The largest absolute Gasteiger partial charge is 0.491 e. The number of aliphatic carboxylic acids is 1. The van der Waals surface area contributed by atoms with Crippen LogP contribution in [0.15, 0.2) is 72.8 Å². The molecule has 4 aromatic rings. The van der Waals surface area contributed by atoms with Crippen molar-refractivity contribution in [2.45, 2.75) is 44.6 Å². The molecule has 3 N–H and O–H groups in total. The van der Waals surface area contributed by atoms with Crippen molar-refractivity contribution in [1.82, 2.24) is 9.88 Å². The molecule has 8 heteroatoms. The number of carbonyl (C=O) groups is 3. The molecule has 0 bridgehead atoms. The number of fused-ring (bicyclic) bond motifs is 5. The molecule has 0 radical (unpaired) electrons. The van der Waals surface area contributed by atoms with E-state index in [0.29, 0.717) is 35.9 Å². The van der Waals surface area contributed by atoms with E-state index in [1.54, 1.807) is 24.3 Å². The van der Waals surface area contributed by atoms with E-state index in [-0.39, 0.29) is 18.4 Å². The van der Waals surface area contributed by atoms with Crippen LogP contribution in [0.25, 0.3) is 28.2 Å². The number of nitrogens with zero attached hydrogens (tertiary/aromatic N) is 1. The number of para-hydroxylation sites is 1. The third-order valence-electron chi connectivity index (χ3n) is 8.12. The Bertz CT molecular complexity index is 1680. The molecule has 1 saturated carbocycles. The third kappa shape index (κ3) is 5.65. The number of aromatic nitrogens is 1. The van der Waals surface area contributed by atoms with Gasteiger partial charge in [0.15, 0.2) is 0 Å². The lowest BCUT2D eigenvalue weighted by atomic mass is 9.81. The number of hydrogen-bond acceptors (Lipinski definition) is 4. The van der Waals surface area contributed by atoms with Crippen LogP contribution >= 0.6 is 0 Å². The lowest BCUT2D eigenvalue weighted by Crippen LogP contribution is -2.32. The Hall–Kier alpha value is -4.85. The van der Waals surface area contributed by atoms with Crippen molar-refractivity contribution in [3.05, 3.63) is 89.5 Å².